The fourth-order valence-corrected chi connectivity index (χ4v) is 1.89. The molecule has 0 spiro atoms. The maximum Gasteiger partial charge on any atom is 0.169 e. The predicted molar refractivity (Wildman–Crippen MR) is 70.1 cm³/mol. The maximum absolute atomic E-state index is 13.2. The molecule has 19 heavy (non-hydrogen) atoms. The summed E-state index contributed by atoms with van der Waals surface area (Å²) in [5.74, 6) is -0.383. The summed E-state index contributed by atoms with van der Waals surface area (Å²) in [6, 6.07) is 9.04. The zero-order chi connectivity index (χ0) is 13.8. The van der Waals surface area contributed by atoms with Gasteiger partial charge in [-0.25, -0.2) is 4.39 Å². The van der Waals surface area contributed by atoms with Gasteiger partial charge in [0.05, 0.1) is 12.2 Å². The molecule has 0 aliphatic carbocycles. The summed E-state index contributed by atoms with van der Waals surface area (Å²) in [5.41, 5.74) is 1.09. The van der Waals surface area contributed by atoms with Crippen molar-refractivity contribution >= 4 is 6.29 Å². The minimum Gasteiger partial charge on any atom is -0.504 e. The van der Waals surface area contributed by atoms with Crippen molar-refractivity contribution in [2.24, 2.45) is 0 Å². The van der Waals surface area contributed by atoms with Crippen LogP contribution in [0.4, 0.5) is 4.39 Å². The molecule has 0 saturated heterocycles. The molecule has 3 nitrogen and oxygen atoms in total. The van der Waals surface area contributed by atoms with Crippen LogP contribution >= 0.6 is 0 Å². The summed E-state index contributed by atoms with van der Waals surface area (Å²) in [5, 5.41) is 9.98. The highest BCUT2D eigenvalue weighted by molar-refractivity contribution is 5.92. The molecule has 0 fully saturated rings. The molecule has 0 atom stereocenters. The van der Waals surface area contributed by atoms with Crippen molar-refractivity contribution in [3.63, 3.8) is 0 Å². The van der Waals surface area contributed by atoms with E-state index < -0.39 is 5.82 Å². The van der Waals surface area contributed by atoms with E-state index in [1.54, 1.807) is 31.2 Å². The fourth-order valence-electron chi connectivity index (χ4n) is 1.89. The minimum absolute atomic E-state index is 0.0940. The third kappa shape index (κ3) is 2.57. The molecule has 0 amide bonds. The Kier molecular flexibility index (Phi) is 3.80. The third-order valence-electron chi connectivity index (χ3n) is 2.73. The summed E-state index contributed by atoms with van der Waals surface area (Å²) >= 11 is 0. The van der Waals surface area contributed by atoms with E-state index in [2.05, 4.69) is 0 Å². The number of ether oxygens (including phenoxy) is 1. The van der Waals surface area contributed by atoms with E-state index >= 15 is 0 Å². The zero-order valence-corrected chi connectivity index (χ0v) is 10.4. The van der Waals surface area contributed by atoms with E-state index in [9.17, 15) is 14.3 Å². The predicted octanol–water partition coefficient (Wildman–Crippen LogP) is 3.41. The minimum atomic E-state index is -0.400. The van der Waals surface area contributed by atoms with Crippen molar-refractivity contribution in [1.82, 2.24) is 0 Å². The Bertz CT molecular complexity index is 608. The van der Waals surface area contributed by atoms with Crippen LogP contribution < -0.4 is 4.74 Å². The smallest absolute Gasteiger partial charge is 0.169 e. The number of aldehydes is 1. The van der Waals surface area contributed by atoms with Gasteiger partial charge in [0.1, 0.15) is 5.82 Å². The van der Waals surface area contributed by atoms with Gasteiger partial charge in [-0.15, -0.1) is 0 Å². The Hall–Kier alpha value is -2.36. The topological polar surface area (TPSA) is 46.5 Å². The van der Waals surface area contributed by atoms with Crippen LogP contribution in [0.2, 0.25) is 0 Å². The molecule has 0 unspecified atom stereocenters. The monoisotopic (exact) mass is 260 g/mol. The number of phenols is 1. The van der Waals surface area contributed by atoms with E-state index in [1.807, 2.05) is 0 Å². The molecule has 2 aromatic carbocycles. The Balaban J connectivity index is 2.58. The number of benzene rings is 2. The Morgan fingerprint density at radius 2 is 2.11 bits per heavy atom. The Morgan fingerprint density at radius 1 is 1.32 bits per heavy atom. The van der Waals surface area contributed by atoms with Crippen LogP contribution in [0.15, 0.2) is 36.4 Å². The Labute approximate surface area is 110 Å². The van der Waals surface area contributed by atoms with Crippen LogP contribution in [0.3, 0.4) is 0 Å². The lowest BCUT2D eigenvalue weighted by atomic mass is 9.99. The quantitative estimate of drug-likeness (QED) is 0.857. The van der Waals surface area contributed by atoms with Crippen LogP contribution in [0.5, 0.6) is 11.5 Å². The molecule has 0 radical (unpaired) electrons. The molecule has 2 aromatic rings. The van der Waals surface area contributed by atoms with Crippen molar-refractivity contribution in [3.8, 4) is 22.6 Å². The lowest BCUT2D eigenvalue weighted by Crippen LogP contribution is -1.96. The molecular formula is C15H13FO3. The number of phenolic OH excluding ortho intramolecular Hbond substituents is 1. The van der Waals surface area contributed by atoms with Gasteiger partial charge in [0.25, 0.3) is 0 Å². The van der Waals surface area contributed by atoms with Crippen LogP contribution in [-0.4, -0.2) is 18.0 Å². The molecule has 0 aliphatic heterocycles. The number of hydrogen-bond donors (Lipinski definition) is 1. The fraction of sp³-hybridized carbons (Fsp3) is 0.133. The second kappa shape index (κ2) is 5.52. The molecule has 0 heterocycles. The van der Waals surface area contributed by atoms with Crippen LogP contribution in [-0.2, 0) is 0 Å². The summed E-state index contributed by atoms with van der Waals surface area (Å²) in [4.78, 5) is 11.2. The summed E-state index contributed by atoms with van der Waals surface area (Å²) in [6.07, 6.45) is 0.540. The van der Waals surface area contributed by atoms with E-state index in [0.717, 1.165) is 0 Å². The standard InChI is InChI=1S/C15H13FO3/c1-2-19-14-7-6-12(13(9-17)15(14)18)10-4-3-5-11(16)8-10/h3-9,18H,2H2,1H3. The van der Waals surface area contributed by atoms with Gasteiger partial charge in [0.2, 0.25) is 0 Å². The first-order chi connectivity index (χ1) is 9.17. The van der Waals surface area contributed by atoms with Gasteiger partial charge in [-0.2, -0.15) is 0 Å². The normalized spacial score (nSPS) is 10.2. The average molecular weight is 260 g/mol. The highest BCUT2D eigenvalue weighted by atomic mass is 19.1. The lowest BCUT2D eigenvalue weighted by molar-refractivity contribution is 0.112. The van der Waals surface area contributed by atoms with Crippen LogP contribution in [0, 0.1) is 5.82 Å². The average Bonchev–Trinajstić information content (AvgIpc) is 2.41. The highest BCUT2D eigenvalue weighted by Crippen LogP contribution is 2.36. The van der Waals surface area contributed by atoms with Crippen molar-refractivity contribution in [2.75, 3.05) is 6.61 Å². The number of rotatable bonds is 4. The largest absolute Gasteiger partial charge is 0.504 e. The first kappa shape index (κ1) is 13.1. The van der Waals surface area contributed by atoms with Gasteiger partial charge in [0, 0.05) is 0 Å². The van der Waals surface area contributed by atoms with Crippen molar-refractivity contribution in [3.05, 3.63) is 47.8 Å². The van der Waals surface area contributed by atoms with E-state index in [-0.39, 0.29) is 17.1 Å². The van der Waals surface area contributed by atoms with Crippen molar-refractivity contribution in [2.45, 2.75) is 6.92 Å². The van der Waals surface area contributed by atoms with Gasteiger partial charge < -0.3 is 9.84 Å². The molecular weight excluding hydrogens is 247 g/mol. The van der Waals surface area contributed by atoms with Gasteiger partial charge in [0.15, 0.2) is 17.8 Å². The zero-order valence-electron chi connectivity index (χ0n) is 10.4. The van der Waals surface area contributed by atoms with Crippen molar-refractivity contribution in [1.29, 1.82) is 0 Å². The molecule has 0 saturated carbocycles. The van der Waals surface area contributed by atoms with Gasteiger partial charge >= 0.3 is 0 Å². The van der Waals surface area contributed by atoms with Gasteiger partial charge in [-0.1, -0.05) is 12.1 Å². The molecule has 2 rings (SSSR count). The number of carbonyl (C=O) groups is 1. The van der Waals surface area contributed by atoms with Crippen LogP contribution in [0.25, 0.3) is 11.1 Å². The van der Waals surface area contributed by atoms with E-state index in [1.165, 1.54) is 12.1 Å². The number of hydrogen-bond acceptors (Lipinski definition) is 3. The maximum atomic E-state index is 13.2. The first-order valence-electron chi connectivity index (χ1n) is 5.87. The molecule has 0 aliphatic rings. The summed E-state index contributed by atoms with van der Waals surface area (Å²) in [6.45, 7) is 2.16. The highest BCUT2D eigenvalue weighted by Gasteiger charge is 2.14. The molecule has 98 valence electrons. The summed E-state index contributed by atoms with van der Waals surface area (Å²) < 4.78 is 18.4. The van der Waals surface area contributed by atoms with E-state index in [0.29, 0.717) is 24.0 Å². The Morgan fingerprint density at radius 3 is 2.74 bits per heavy atom. The number of carbonyl (C=O) groups excluding carboxylic acids is 1. The molecule has 1 N–H and O–H groups in total. The third-order valence-corrected chi connectivity index (χ3v) is 2.73. The number of aromatic hydroxyl groups is 1. The van der Waals surface area contributed by atoms with Gasteiger partial charge in [-0.3, -0.25) is 4.79 Å². The summed E-state index contributed by atoms with van der Waals surface area (Å²) in [7, 11) is 0. The number of halogens is 1. The van der Waals surface area contributed by atoms with E-state index in [4.69, 9.17) is 4.74 Å². The van der Waals surface area contributed by atoms with Crippen LogP contribution in [0.1, 0.15) is 17.3 Å². The molecule has 4 heteroatoms. The second-order valence-electron chi connectivity index (χ2n) is 3.93. The molecule has 0 aromatic heterocycles. The lowest BCUT2D eigenvalue weighted by Gasteiger charge is -2.11. The molecule has 0 bridgehead atoms. The SMILES string of the molecule is CCOc1ccc(-c2cccc(F)c2)c(C=O)c1O. The van der Waals surface area contributed by atoms with Gasteiger partial charge in [-0.05, 0) is 42.3 Å². The second-order valence-corrected chi connectivity index (χ2v) is 3.93. The first-order valence-corrected chi connectivity index (χ1v) is 5.87. The van der Waals surface area contributed by atoms with Crippen molar-refractivity contribution < 1.29 is 19.0 Å².